The molecule has 4 aliphatic rings. The summed E-state index contributed by atoms with van der Waals surface area (Å²) in [6.07, 6.45) is 5.99. The first-order chi connectivity index (χ1) is 8.22. The van der Waals surface area contributed by atoms with E-state index in [2.05, 4.69) is 0 Å². The zero-order valence-electron chi connectivity index (χ0n) is 9.80. The summed E-state index contributed by atoms with van der Waals surface area (Å²) in [7, 11) is 0. The Kier molecular flexibility index (Phi) is 2.44. The zero-order valence-corrected chi connectivity index (χ0v) is 9.80. The van der Waals surface area contributed by atoms with E-state index in [1.165, 1.54) is 6.42 Å². The Morgan fingerprint density at radius 3 is 1.82 bits per heavy atom. The topological polar surface area (TPSA) is 64.7 Å². The van der Waals surface area contributed by atoms with E-state index in [-0.39, 0.29) is 11.7 Å². The molecule has 4 fully saturated rings. The van der Waals surface area contributed by atoms with Crippen molar-refractivity contribution in [2.45, 2.75) is 32.1 Å². The Balaban J connectivity index is 1.83. The maximum Gasteiger partial charge on any atom is 0.191 e. The van der Waals surface area contributed by atoms with Gasteiger partial charge in [-0.2, -0.15) is 10.5 Å². The van der Waals surface area contributed by atoms with Crippen LogP contribution in [0, 0.1) is 58.2 Å². The van der Waals surface area contributed by atoms with Gasteiger partial charge in [0.1, 0.15) is 0 Å². The van der Waals surface area contributed by atoms with Crippen LogP contribution in [0.5, 0.6) is 0 Å². The summed E-state index contributed by atoms with van der Waals surface area (Å²) in [5, 5.41) is 17.7. The number of nitriles is 2. The van der Waals surface area contributed by atoms with Crippen molar-refractivity contribution in [3.05, 3.63) is 0 Å². The van der Waals surface area contributed by atoms with Crippen molar-refractivity contribution >= 4 is 5.78 Å². The summed E-state index contributed by atoms with van der Waals surface area (Å²) < 4.78 is 0. The van der Waals surface area contributed by atoms with E-state index in [0.29, 0.717) is 11.8 Å². The van der Waals surface area contributed by atoms with Gasteiger partial charge in [-0.15, -0.1) is 0 Å². The monoisotopic (exact) mass is 228 g/mol. The van der Waals surface area contributed by atoms with Gasteiger partial charge in [-0.3, -0.25) is 4.79 Å². The van der Waals surface area contributed by atoms with Crippen LogP contribution in [0.25, 0.3) is 0 Å². The maximum atomic E-state index is 12.3. The van der Waals surface area contributed by atoms with Crippen molar-refractivity contribution in [1.82, 2.24) is 0 Å². The van der Waals surface area contributed by atoms with E-state index in [1.54, 1.807) is 0 Å². The minimum atomic E-state index is -1.03. The van der Waals surface area contributed by atoms with Gasteiger partial charge in [0.05, 0.1) is 12.1 Å². The summed E-state index contributed by atoms with van der Waals surface area (Å²) in [6, 6.07) is 3.70. The van der Waals surface area contributed by atoms with Gasteiger partial charge in [0, 0.05) is 5.92 Å². The summed E-state index contributed by atoms with van der Waals surface area (Å²) in [6.45, 7) is 0. The normalized spacial score (nSPS) is 42.2. The smallest absolute Gasteiger partial charge is 0.191 e. The predicted octanol–water partition coefficient (Wildman–Crippen LogP) is 2.29. The number of hydrogen-bond acceptors (Lipinski definition) is 3. The van der Waals surface area contributed by atoms with Crippen LogP contribution in [0.4, 0.5) is 0 Å². The van der Waals surface area contributed by atoms with Gasteiger partial charge in [-0.25, -0.2) is 0 Å². The molecule has 3 nitrogen and oxygen atoms in total. The molecular weight excluding hydrogens is 212 g/mol. The molecule has 4 rings (SSSR count). The lowest BCUT2D eigenvalue weighted by Crippen LogP contribution is -2.49. The van der Waals surface area contributed by atoms with Crippen molar-refractivity contribution in [1.29, 1.82) is 10.5 Å². The van der Waals surface area contributed by atoms with E-state index in [4.69, 9.17) is 10.5 Å². The SMILES string of the molecule is N#CC(C#N)C(=O)C1C2CC3CC(C2)CC1C3. The third-order valence-corrected chi connectivity index (χ3v) is 5.10. The molecule has 0 unspecified atom stereocenters. The highest BCUT2D eigenvalue weighted by molar-refractivity contribution is 5.88. The van der Waals surface area contributed by atoms with E-state index in [1.807, 2.05) is 12.1 Å². The molecule has 17 heavy (non-hydrogen) atoms. The lowest BCUT2D eigenvalue weighted by Gasteiger charge is -2.53. The van der Waals surface area contributed by atoms with Crippen LogP contribution in [-0.2, 0) is 4.79 Å². The molecule has 0 radical (unpaired) electrons. The average Bonchev–Trinajstić information content (AvgIpc) is 2.29. The highest BCUT2D eigenvalue weighted by Crippen LogP contribution is 2.57. The van der Waals surface area contributed by atoms with Crippen molar-refractivity contribution in [2.24, 2.45) is 35.5 Å². The van der Waals surface area contributed by atoms with E-state index < -0.39 is 5.92 Å². The molecule has 0 aromatic carbocycles. The largest absolute Gasteiger partial charge is 0.297 e. The van der Waals surface area contributed by atoms with E-state index in [0.717, 1.165) is 37.5 Å². The van der Waals surface area contributed by atoms with Gasteiger partial charge >= 0.3 is 0 Å². The van der Waals surface area contributed by atoms with Crippen LogP contribution < -0.4 is 0 Å². The van der Waals surface area contributed by atoms with Crippen molar-refractivity contribution in [2.75, 3.05) is 0 Å². The molecule has 0 aromatic heterocycles. The first kappa shape index (κ1) is 10.8. The van der Waals surface area contributed by atoms with E-state index in [9.17, 15) is 4.79 Å². The fourth-order valence-corrected chi connectivity index (χ4v) is 4.74. The average molecular weight is 228 g/mol. The molecule has 0 amide bonds. The quantitative estimate of drug-likeness (QED) is 0.728. The number of ketones is 1. The summed E-state index contributed by atoms with van der Waals surface area (Å²) in [5.41, 5.74) is 0. The number of carbonyl (C=O) groups excluding carboxylic acids is 1. The first-order valence-corrected chi connectivity index (χ1v) is 6.56. The van der Waals surface area contributed by atoms with Crippen LogP contribution in [-0.4, -0.2) is 5.78 Å². The molecule has 0 spiro atoms. The Bertz CT molecular complexity index is 386. The van der Waals surface area contributed by atoms with E-state index >= 15 is 0 Å². The highest BCUT2D eigenvalue weighted by atomic mass is 16.1. The molecule has 0 heterocycles. The number of carbonyl (C=O) groups is 1. The summed E-state index contributed by atoms with van der Waals surface area (Å²) in [4.78, 5) is 12.3. The molecular formula is C14H16N2O. The maximum absolute atomic E-state index is 12.3. The van der Waals surface area contributed by atoms with Crippen LogP contribution in [0.1, 0.15) is 32.1 Å². The summed E-state index contributed by atoms with van der Waals surface area (Å²) in [5.74, 6) is 1.51. The molecule has 3 heteroatoms. The third-order valence-electron chi connectivity index (χ3n) is 5.10. The fraction of sp³-hybridized carbons (Fsp3) is 0.786. The second kappa shape index (κ2) is 3.84. The molecule has 4 saturated carbocycles. The standard InChI is InChI=1S/C14H16N2O/c15-6-12(7-16)14(17)13-10-2-8-1-9(4-10)5-11(13)3-8/h8-13H,1-5H2. The minimum Gasteiger partial charge on any atom is -0.297 e. The predicted molar refractivity (Wildman–Crippen MR) is 60.3 cm³/mol. The number of nitrogens with zero attached hydrogens (tertiary/aromatic N) is 2. The van der Waals surface area contributed by atoms with Crippen LogP contribution in [0.2, 0.25) is 0 Å². The molecule has 0 saturated heterocycles. The Morgan fingerprint density at radius 2 is 1.41 bits per heavy atom. The lowest BCUT2D eigenvalue weighted by atomic mass is 9.50. The van der Waals surface area contributed by atoms with Crippen LogP contribution in [0.15, 0.2) is 0 Å². The zero-order chi connectivity index (χ0) is 12.0. The van der Waals surface area contributed by atoms with Gasteiger partial charge < -0.3 is 0 Å². The van der Waals surface area contributed by atoms with Gasteiger partial charge in [0.25, 0.3) is 0 Å². The van der Waals surface area contributed by atoms with Gasteiger partial charge in [-0.1, -0.05) is 0 Å². The van der Waals surface area contributed by atoms with Crippen molar-refractivity contribution < 1.29 is 4.79 Å². The number of Topliss-reactive ketones (excluding diaryl/α,β-unsaturated/α-hetero) is 1. The molecule has 0 atom stereocenters. The molecule has 0 N–H and O–H groups in total. The number of rotatable bonds is 2. The minimum absolute atomic E-state index is 0.0205. The van der Waals surface area contributed by atoms with Crippen molar-refractivity contribution in [3.63, 3.8) is 0 Å². The highest BCUT2D eigenvalue weighted by Gasteiger charge is 2.51. The molecule has 0 aliphatic heterocycles. The third kappa shape index (κ3) is 1.57. The van der Waals surface area contributed by atoms with Crippen LogP contribution >= 0.6 is 0 Å². The van der Waals surface area contributed by atoms with Crippen molar-refractivity contribution in [3.8, 4) is 12.1 Å². The molecule has 4 bridgehead atoms. The first-order valence-electron chi connectivity index (χ1n) is 6.56. The molecule has 4 aliphatic carbocycles. The Hall–Kier alpha value is -1.35. The Morgan fingerprint density at radius 1 is 0.941 bits per heavy atom. The summed E-state index contributed by atoms with van der Waals surface area (Å²) >= 11 is 0. The second-order valence-electron chi connectivity index (χ2n) is 6.05. The fourth-order valence-electron chi connectivity index (χ4n) is 4.74. The number of hydrogen-bond donors (Lipinski definition) is 0. The molecule has 0 aromatic rings. The van der Waals surface area contributed by atoms with Gasteiger partial charge in [0.15, 0.2) is 11.7 Å². The lowest BCUT2D eigenvalue weighted by molar-refractivity contribution is -0.136. The Labute approximate surface area is 101 Å². The van der Waals surface area contributed by atoms with Gasteiger partial charge in [0.2, 0.25) is 0 Å². The second-order valence-corrected chi connectivity index (χ2v) is 6.05. The van der Waals surface area contributed by atoms with Crippen LogP contribution in [0.3, 0.4) is 0 Å². The van der Waals surface area contributed by atoms with Gasteiger partial charge in [-0.05, 0) is 55.8 Å². The molecule has 88 valence electrons.